The van der Waals surface area contributed by atoms with Crippen molar-refractivity contribution in [3.05, 3.63) is 59.7 Å². The molecule has 2 aromatic carbocycles. The molecule has 1 saturated heterocycles. The maximum atomic E-state index is 13.5. The van der Waals surface area contributed by atoms with Crippen LogP contribution in [0, 0.1) is 0 Å². The second kappa shape index (κ2) is 8.13. The first-order valence-electron chi connectivity index (χ1n) is 9.95. The molecule has 1 amide bonds. The Morgan fingerprint density at radius 3 is 2.55 bits per heavy atom. The van der Waals surface area contributed by atoms with Crippen molar-refractivity contribution in [2.24, 2.45) is 0 Å². The van der Waals surface area contributed by atoms with Gasteiger partial charge in [0.2, 0.25) is 0 Å². The Bertz CT molecular complexity index is 1010. The number of benzene rings is 2. The second-order valence-electron chi connectivity index (χ2n) is 7.83. The highest BCUT2D eigenvalue weighted by Crippen LogP contribution is 2.41. The van der Waals surface area contributed by atoms with Crippen LogP contribution in [0.2, 0.25) is 0 Å². The van der Waals surface area contributed by atoms with Gasteiger partial charge in [-0.25, -0.2) is 8.42 Å². The van der Waals surface area contributed by atoms with E-state index in [0.29, 0.717) is 30.4 Å². The minimum Gasteiger partial charge on any atom is -0.303 e. The summed E-state index contributed by atoms with van der Waals surface area (Å²) in [5.74, 6) is 0.437. The lowest BCUT2D eigenvalue weighted by Crippen LogP contribution is -2.46. The maximum absolute atomic E-state index is 13.5. The highest BCUT2D eigenvalue weighted by atomic mass is 32.2. The average molecular weight is 431 g/mol. The molecule has 7 heteroatoms. The zero-order chi connectivity index (χ0) is 20.6. The molecule has 2 aliphatic heterocycles. The highest BCUT2D eigenvalue weighted by Gasteiger charge is 2.33. The zero-order valence-electron chi connectivity index (χ0n) is 16.7. The molecule has 2 unspecified atom stereocenters. The average Bonchev–Trinajstić information content (AvgIpc) is 2.70. The van der Waals surface area contributed by atoms with Crippen molar-refractivity contribution in [1.82, 2.24) is 4.90 Å². The second-order valence-corrected chi connectivity index (χ2v) is 11.6. The lowest BCUT2D eigenvalue weighted by atomic mass is 10.1. The van der Waals surface area contributed by atoms with Crippen LogP contribution in [0.4, 0.5) is 5.69 Å². The Labute approximate surface area is 177 Å². The molecule has 2 atom stereocenters. The zero-order valence-corrected chi connectivity index (χ0v) is 18.4. The van der Waals surface area contributed by atoms with Crippen molar-refractivity contribution in [3.8, 4) is 0 Å². The molecule has 1 fully saturated rings. The van der Waals surface area contributed by atoms with Crippen LogP contribution in [-0.4, -0.2) is 55.1 Å². The fourth-order valence-corrected chi connectivity index (χ4v) is 6.33. The number of carbonyl (C=O) groups excluding carboxylic acids is 1. The molecule has 154 valence electrons. The summed E-state index contributed by atoms with van der Waals surface area (Å²) in [6, 6.07) is 15.9. The van der Waals surface area contributed by atoms with Gasteiger partial charge in [-0.15, -0.1) is 11.8 Å². The van der Waals surface area contributed by atoms with E-state index in [2.05, 4.69) is 24.8 Å². The molecule has 4 rings (SSSR count). The van der Waals surface area contributed by atoms with Crippen LogP contribution >= 0.6 is 11.8 Å². The van der Waals surface area contributed by atoms with E-state index in [1.165, 1.54) is 0 Å². The Balaban J connectivity index is 1.56. The third kappa shape index (κ3) is 4.37. The monoisotopic (exact) mass is 430 g/mol. The van der Waals surface area contributed by atoms with Gasteiger partial charge in [-0.05, 0) is 36.8 Å². The summed E-state index contributed by atoms with van der Waals surface area (Å²) >= 11 is 1.81. The molecular weight excluding hydrogens is 404 g/mol. The molecule has 0 aliphatic carbocycles. The molecular formula is C22H26N2O3S2. The SMILES string of the molecule is CC1Sc2ccccc2N(C(=O)c2cccc(CN3CCS(=O)(=O)CC3)c2)C1C. The predicted molar refractivity (Wildman–Crippen MR) is 118 cm³/mol. The molecule has 0 N–H and O–H groups in total. The highest BCUT2D eigenvalue weighted by molar-refractivity contribution is 8.00. The van der Waals surface area contributed by atoms with Crippen molar-refractivity contribution in [2.75, 3.05) is 29.5 Å². The van der Waals surface area contributed by atoms with Crippen molar-refractivity contribution < 1.29 is 13.2 Å². The lowest BCUT2D eigenvalue weighted by molar-refractivity contribution is 0.0977. The Kier molecular flexibility index (Phi) is 5.73. The number of sulfone groups is 1. The maximum Gasteiger partial charge on any atom is 0.258 e. The summed E-state index contributed by atoms with van der Waals surface area (Å²) in [4.78, 5) is 18.7. The minimum atomic E-state index is -2.89. The van der Waals surface area contributed by atoms with E-state index in [1.54, 1.807) is 0 Å². The summed E-state index contributed by atoms with van der Waals surface area (Å²) in [6.07, 6.45) is 0. The van der Waals surface area contributed by atoms with E-state index in [-0.39, 0.29) is 23.5 Å². The molecule has 2 aromatic rings. The summed E-state index contributed by atoms with van der Waals surface area (Å²) in [7, 11) is -2.89. The summed E-state index contributed by atoms with van der Waals surface area (Å²) in [5, 5.41) is 0.312. The van der Waals surface area contributed by atoms with Gasteiger partial charge in [-0.1, -0.05) is 31.2 Å². The molecule has 2 aliphatic rings. The number of rotatable bonds is 3. The largest absolute Gasteiger partial charge is 0.303 e. The molecule has 0 spiro atoms. The van der Waals surface area contributed by atoms with Gasteiger partial charge in [-0.2, -0.15) is 0 Å². The minimum absolute atomic E-state index is 0.0140. The van der Waals surface area contributed by atoms with Gasteiger partial charge in [0.1, 0.15) is 0 Å². The van der Waals surface area contributed by atoms with Crippen molar-refractivity contribution in [1.29, 1.82) is 0 Å². The molecule has 0 radical (unpaired) electrons. The number of fused-ring (bicyclic) bond motifs is 1. The smallest absolute Gasteiger partial charge is 0.258 e. The fraction of sp³-hybridized carbons (Fsp3) is 0.409. The standard InChI is InChI=1S/C22H26N2O3S2/c1-16-17(2)28-21-9-4-3-8-20(21)24(16)22(25)19-7-5-6-18(14-19)15-23-10-12-29(26,27)13-11-23/h3-9,14,16-17H,10-13,15H2,1-2H3. The normalized spacial score (nSPS) is 24.1. The van der Waals surface area contributed by atoms with Crippen molar-refractivity contribution >= 4 is 33.2 Å². The number of thioether (sulfide) groups is 1. The molecule has 0 saturated carbocycles. The topological polar surface area (TPSA) is 57.7 Å². The third-order valence-electron chi connectivity index (χ3n) is 5.76. The van der Waals surface area contributed by atoms with Gasteiger partial charge in [0.15, 0.2) is 9.84 Å². The van der Waals surface area contributed by atoms with E-state index in [9.17, 15) is 13.2 Å². The van der Waals surface area contributed by atoms with Gasteiger partial charge >= 0.3 is 0 Å². The van der Waals surface area contributed by atoms with Crippen LogP contribution < -0.4 is 4.90 Å². The van der Waals surface area contributed by atoms with Gasteiger partial charge < -0.3 is 4.90 Å². The summed E-state index contributed by atoms with van der Waals surface area (Å²) in [5.41, 5.74) is 2.68. The first kappa shape index (κ1) is 20.4. The third-order valence-corrected chi connectivity index (χ3v) is 8.73. The van der Waals surface area contributed by atoms with Crippen LogP contribution in [0.5, 0.6) is 0 Å². The van der Waals surface area contributed by atoms with Gasteiger partial charge in [0, 0.05) is 41.4 Å². The molecule has 29 heavy (non-hydrogen) atoms. The van der Waals surface area contributed by atoms with Gasteiger partial charge in [0.05, 0.1) is 17.2 Å². The molecule has 0 aromatic heterocycles. The van der Waals surface area contributed by atoms with Gasteiger partial charge in [0.25, 0.3) is 5.91 Å². The van der Waals surface area contributed by atoms with E-state index >= 15 is 0 Å². The number of hydrogen-bond acceptors (Lipinski definition) is 5. The van der Waals surface area contributed by atoms with Crippen LogP contribution in [0.3, 0.4) is 0 Å². The Morgan fingerprint density at radius 1 is 1.07 bits per heavy atom. The number of hydrogen-bond donors (Lipinski definition) is 0. The molecule has 0 bridgehead atoms. The van der Waals surface area contributed by atoms with Crippen LogP contribution in [0.15, 0.2) is 53.4 Å². The van der Waals surface area contributed by atoms with E-state index in [0.717, 1.165) is 16.1 Å². The predicted octanol–water partition coefficient (Wildman–Crippen LogP) is 3.45. The van der Waals surface area contributed by atoms with Gasteiger partial charge in [-0.3, -0.25) is 9.69 Å². The van der Waals surface area contributed by atoms with E-state index in [1.807, 2.05) is 59.1 Å². The Morgan fingerprint density at radius 2 is 1.79 bits per heavy atom. The number of anilines is 1. The first-order chi connectivity index (χ1) is 13.8. The van der Waals surface area contributed by atoms with E-state index in [4.69, 9.17) is 0 Å². The fourth-order valence-electron chi connectivity index (χ4n) is 3.89. The van der Waals surface area contributed by atoms with Crippen LogP contribution in [0.1, 0.15) is 29.8 Å². The first-order valence-corrected chi connectivity index (χ1v) is 12.7. The number of amides is 1. The van der Waals surface area contributed by atoms with Crippen molar-refractivity contribution in [2.45, 2.75) is 36.6 Å². The summed E-state index contributed by atoms with van der Waals surface area (Å²) in [6.45, 7) is 6.02. The summed E-state index contributed by atoms with van der Waals surface area (Å²) < 4.78 is 23.3. The molecule has 5 nitrogen and oxygen atoms in total. The number of para-hydroxylation sites is 1. The quantitative estimate of drug-likeness (QED) is 0.747. The lowest BCUT2D eigenvalue weighted by Gasteiger charge is -2.39. The Hall–Kier alpha value is -1.83. The van der Waals surface area contributed by atoms with E-state index < -0.39 is 9.84 Å². The number of carbonyl (C=O) groups is 1. The molecule has 2 heterocycles. The van der Waals surface area contributed by atoms with Crippen LogP contribution in [-0.2, 0) is 16.4 Å². The van der Waals surface area contributed by atoms with Crippen molar-refractivity contribution in [3.63, 3.8) is 0 Å². The van der Waals surface area contributed by atoms with Crippen LogP contribution in [0.25, 0.3) is 0 Å². The number of nitrogens with zero attached hydrogens (tertiary/aromatic N) is 2.